The second kappa shape index (κ2) is 46.7. The molecular formula is C111H113Br2Cl4N8NaO17. The number of ether oxygens (including phenoxy) is 6. The molecule has 0 saturated heterocycles. The maximum absolute atomic E-state index is 13.9. The van der Waals surface area contributed by atoms with Crippen LogP contribution >= 0.6 is 78.3 Å². The van der Waals surface area contributed by atoms with Gasteiger partial charge in [-0.05, 0) is 227 Å². The van der Waals surface area contributed by atoms with Crippen molar-refractivity contribution >= 4 is 146 Å². The number of methoxy groups -OCH3 is 2. The molecule has 4 atom stereocenters. The van der Waals surface area contributed by atoms with Crippen LogP contribution in [0.1, 0.15) is 158 Å². The quantitative estimate of drug-likeness (QED) is 0.0419. The summed E-state index contributed by atoms with van der Waals surface area (Å²) < 4.78 is 49.5. The van der Waals surface area contributed by atoms with E-state index in [1.807, 2.05) is 267 Å². The van der Waals surface area contributed by atoms with Crippen molar-refractivity contribution < 1.29 is 92.8 Å². The predicted octanol–water partition coefficient (Wildman–Crippen LogP) is 21.4. The second-order valence-corrected chi connectivity index (χ2v) is 41.6. The molecule has 8 aromatic carbocycles. The van der Waals surface area contributed by atoms with E-state index in [4.69, 9.17) is 74.8 Å². The standard InChI is InChI=1S/C28H28BrClN2O4.2C28H29ClN2O4.C27H26BrClN2O4.Na.H2O/c1-28(2,3)36-25(27(34)35-5)23-21(18-11-13-19(30)14-12-18)22-20(29)16-32(24(22)26(33)31(23)4)15-17-9-7-6-8-10-17;1-17-15-31(16-18-9-7-6-8-10-18)24-21(17)22(19-11-13-20(29)14-12-19)23(30(5)26(24)32)25(27(33)34)35-28(2,3)4;1-28(2,3)35-25(27(33)34-5)24-22(19-11-13-20(29)14-12-19)21-15-16-31(23(21)26(32)30(24)4)17-18-9-7-6-8-10-18;1-27(2,3)35-24(26(33)34)22-20(17-10-12-18(29)13-11-17)21-19(28)15-31(23(21)25(32)30(22)4)14-16-8-6-5-7-9-16;;/h6-14,16,25H,15H2,1-5H3;6-15,25H,16H2,1-5H3,(H,33,34);6-16,25H,17H2,1-5H3;5-13,15,24H,14H2,1-4H3,(H,33,34);;1H2/q;;;;+1;/p-1. The molecule has 0 saturated carbocycles. The van der Waals surface area contributed by atoms with Gasteiger partial charge in [0.1, 0.15) is 22.1 Å². The van der Waals surface area contributed by atoms with Crippen molar-refractivity contribution in [1.82, 2.24) is 36.5 Å². The van der Waals surface area contributed by atoms with Gasteiger partial charge in [-0.25, -0.2) is 19.2 Å². The Kier molecular flexibility index (Phi) is 36.5. The molecule has 0 amide bonds. The number of carbonyl (C=O) groups excluding carboxylic acids is 2. The van der Waals surface area contributed by atoms with E-state index >= 15 is 0 Å². The van der Waals surface area contributed by atoms with Crippen LogP contribution in [0.15, 0.2) is 277 Å². The van der Waals surface area contributed by atoms with Gasteiger partial charge in [0.25, 0.3) is 22.2 Å². The Labute approximate surface area is 887 Å². The van der Waals surface area contributed by atoms with Crippen LogP contribution < -0.4 is 51.8 Å². The van der Waals surface area contributed by atoms with Gasteiger partial charge in [-0.2, -0.15) is 0 Å². The van der Waals surface area contributed by atoms with Gasteiger partial charge in [0.05, 0.1) is 59.4 Å². The molecule has 0 aliphatic rings. The molecule has 16 aromatic rings. The Balaban J connectivity index is 0.000000181. The first-order valence-corrected chi connectivity index (χ1v) is 48.5. The summed E-state index contributed by atoms with van der Waals surface area (Å²) in [7, 11) is 9.15. The third-order valence-electron chi connectivity index (χ3n) is 23.3. The third-order valence-corrected chi connectivity index (χ3v) is 25.5. The molecule has 4 unspecified atom stereocenters. The fourth-order valence-electron chi connectivity index (χ4n) is 17.4. The topological polar surface area (TPSA) is 302 Å². The first-order chi connectivity index (χ1) is 66.6. The Hall–Kier alpha value is -11.5. The molecule has 3 N–H and O–H groups in total. The number of aromatic nitrogens is 8. The van der Waals surface area contributed by atoms with Crippen LogP contribution in [0.2, 0.25) is 20.1 Å². The van der Waals surface area contributed by atoms with Crippen LogP contribution in [-0.4, -0.2) is 113 Å². The molecule has 8 heterocycles. The number of carboxylic acid groups (broad SMARTS) is 2. The minimum absolute atomic E-state index is 0. The summed E-state index contributed by atoms with van der Waals surface area (Å²) in [4.78, 5) is 106. The van der Waals surface area contributed by atoms with E-state index in [1.54, 1.807) is 118 Å². The van der Waals surface area contributed by atoms with Gasteiger partial charge in [0.2, 0.25) is 0 Å². The Morgan fingerprint density at radius 1 is 0.336 bits per heavy atom. The molecule has 8 aromatic heterocycles. The molecule has 0 aliphatic heterocycles. The number of hydrogen-bond acceptors (Lipinski definition) is 15. The number of aliphatic carboxylic acids is 2. The summed E-state index contributed by atoms with van der Waals surface area (Å²) in [6, 6.07) is 70.5. The van der Waals surface area contributed by atoms with Crippen molar-refractivity contribution in [3.8, 4) is 44.5 Å². The molecule has 0 aliphatic carbocycles. The minimum Gasteiger partial charge on any atom is -0.870 e. The summed E-state index contributed by atoms with van der Waals surface area (Å²) in [6.07, 6.45) is 2.66. The summed E-state index contributed by atoms with van der Waals surface area (Å²) in [5.41, 5.74) is 10.4. The first-order valence-electron chi connectivity index (χ1n) is 45.4. The smallest absolute Gasteiger partial charge is 0.870 e. The first kappa shape index (κ1) is 112. The maximum Gasteiger partial charge on any atom is 1.00 e. The van der Waals surface area contributed by atoms with E-state index < -0.39 is 70.7 Å². The Morgan fingerprint density at radius 2 is 0.573 bits per heavy atom. The number of aryl methyl sites for hydroxylation is 1. The molecule has 0 spiro atoms. The number of benzene rings is 8. The number of fused-ring (bicyclic) bond motifs is 4. The fourth-order valence-corrected chi connectivity index (χ4v) is 19.2. The average Bonchev–Trinajstić information content (AvgIpc) is 1.93. The van der Waals surface area contributed by atoms with Gasteiger partial charge in [-0.3, -0.25) is 19.2 Å². The van der Waals surface area contributed by atoms with Crippen molar-refractivity contribution in [3.05, 3.63) is 370 Å². The van der Waals surface area contributed by atoms with Crippen molar-refractivity contribution in [2.75, 3.05) is 14.2 Å². The molecule has 742 valence electrons. The monoisotopic (exact) mass is 2150 g/mol. The fraction of sp³-hybridized carbons (Fsp3) is 0.279. The Morgan fingerprint density at radius 3 is 0.853 bits per heavy atom. The van der Waals surface area contributed by atoms with E-state index in [2.05, 4.69) is 31.9 Å². The molecular weight excluding hydrogens is 2040 g/mol. The number of carbonyl (C=O) groups is 4. The molecule has 25 nitrogen and oxygen atoms in total. The second-order valence-electron chi connectivity index (χ2n) is 38.2. The average molecular weight is 2160 g/mol. The van der Waals surface area contributed by atoms with Crippen molar-refractivity contribution in [1.29, 1.82) is 0 Å². The van der Waals surface area contributed by atoms with E-state index in [9.17, 15) is 48.6 Å². The molecule has 143 heavy (non-hydrogen) atoms. The van der Waals surface area contributed by atoms with Gasteiger partial charge >= 0.3 is 53.4 Å². The number of halogens is 6. The van der Waals surface area contributed by atoms with E-state index in [0.29, 0.717) is 123 Å². The molecule has 32 heteroatoms. The van der Waals surface area contributed by atoms with Gasteiger partial charge in [0, 0.05) is 152 Å². The van der Waals surface area contributed by atoms with Crippen molar-refractivity contribution in [2.45, 2.75) is 163 Å². The van der Waals surface area contributed by atoms with Crippen LogP contribution in [0.4, 0.5) is 0 Å². The zero-order valence-electron chi connectivity index (χ0n) is 83.2. The van der Waals surface area contributed by atoms with Gasteiger partial charge < -0.3 is 80.6 Å². The van der Waals surface area contributed by atoms with E-state index in [0.717, 1.165) is 65.5 Å². The number of nitrogens with zero attached hydrogens (tertiary/aromatic N) is 8. The molecule has 0 radical (unpaired) electrons. The number of hydrogen-bond donors (Lipinski definition) is 2. The number of esters is 2. The van der Waals surface area contributed by atoms with Crippen molar-refractivity contribution in [3.63, 3.8) is 0 Å². The summed E-state index contributed by atoms with van der Waals surface area (Å²) >= 11 is 32.0. The van der Waals surface area contributed by atoms with Crippen LogP contribution in [0.5, 0.6) is 0 Å². The number of carboxylic acids is 2. The van der Waals surface area contributed by atoms with Crippen LogP contribution in [-0.2, 0) is 102 Å². The largest absolute Gasteiger partial charge is 1.00 e. The van der Waals surface area contributed by atoms with Gasteiger partial charge in [-0.1, -0.05) is 216 Å². The molecule has 0 bridgehead atoms. The summed E-state index contributed by atoms with van der Waals surface area (Å²) in [5.74, 6) is -3.50. The number of pyridine rings is 4. The predicted molar refractivity (Wildman–Crippen MR) is 568 cm³/mol. The zero-order valence-corrected chi connectivity index (χ0v) is 91.4. The molecule has 0 fully saturated rings. The van der Waals surface area contributed by atoms with Gasteiger partial charge in [-0.15, -0.1) is 0 Å². The van der Waals surface area contributed by atoms with E-state index in [1.165, 1.54) is 32.5 Å². The third kappa shape index (κ3) is 25.7. The summed E-state index contributed by atoms with van der Waals surface area (Å²) in [5, 5.41) is 25.4. The van der Waals surface area contributed by atoms with Crippen LogP contribution in [0, 0.1) is 6.92 Å². The summed E-state index contributed by atoms with van der Waals surface area (Å²) in [6.45, 7) is 25.9. The zero-order chi connectivity index (χ0) is 103. The molecule has 16 rings (SSSR count). The van der Waals surface area contributed by atoms with Gasteiger partial charge in [0.15, 0.2) is 24.4 Å². The minimum atomic E-state index is -1.37. The van der Waals surface area contributed by atoms with Crippen LogP contribution in [0.3, 0.4) is 0 Å². The number of rotatable bonds is 24. The van der Waals surface area contributed by atoms with Crippen molar-refractivity contribution in [2.24, 2.45) is 28.2 Å². The van der Waals surface area contributed by atoms with Crippen LogP contribution in [0.25, 0.3) is 88.1 Å². The Bertz CT molecular complexity index is 7360. The van der Waals surface area contributed by atoms with E-state index in [-0.39, 0.29) is 63.0 Å². The normalized spacial score (nSPS) is 12.5. The maximum atomic E-state index is 13.9. The SMILES string of the molecule is COC(=O)C(OC(C)(C)C)c1c(-c2ccc(Cl)cc2)c2c(Br)cn(Cc3ccccc3)c2c(=O)n1C.COC(=O)C(OC(C)(C)C)c1c(-c2ccc(Cl)cc2)c2ccn(Cc3ccccc3)c2c(=O)n1C.Cc1cn(Cc2ccccc2)c2c(=O)n(C)c(C(OC(C)(C)C)C(=O)O)c(-c3ccc(Cl)cc3)c12.Cn1c(C(OC(C)(C)C)C(=O)O)c(-c2ccc(Cl)cc2)c2c(Br)cn(Cc3ccccc3)c2c1=O.[Na+].[OH-].